The summed E-state index contributed by atoms with van der Waals surface area (Å²) in [4.78, 5) is 35.7. The molecule has 4 rings (SSSR count). The summed E-state index contributed by atoms with van der Waals surface area (Å²) in [7, 11) is 0. The maximum Gasteiger partial charge on any atom is 0.372 e. The van der Waals surface area contributed by atoms with E-state index >= 15 is 4.39 Å². The Morgan fingerprint density at radius 3 is 2.57 bits per heavy atom. The molecule has 0 aromatic carbocycles. The third-order valence-corrected chi connectivity index (χ3v) is 8.31. The van der Waals surface area contributed by atoms with E-state index in [2.05, 4.69) is 0 Å². The molecule has 152 valence electrons. The molecule has 2 N–H and O–H groups in total. The van der Waals surface area contributed by atoms with Gasteiger partial charge in [-0.25, -0.2) is 9.18 Å². The minimum atomic E-state index is -1.44. The molecular weight excluding hydrogens is 363 g/mol. The summed E-state index contributed by atoms with van der Waals surface area (Å²) < 4.78 is 15.2. The number of Topliss-reactive ketones (excluding diaryl/α,β-unsaturated/α-hetero) is 1. The topological polar surface area (TPSA) is 91.7 Å². The van der Waals surface area contributed by atoms with Gasteiger partial charge in [0, 0.05) is 17.3 Å². The molecule has 4 aliphatic rings. The lowest BCUT2D eigenvalue weighted by molar-refractivity contribution is -0.159. The molecule has 6 heteroatoms. The van der Waals surface area contributed by atoms with Crippen LogP contribution in [-0.4, -0.2) is 40.0 Å². The van der Waals surface area contributed by atoms with E-state index in [1.54, 1.807) is 6.08 Å². The van der Waals surface area contributed by atoms with Crippen molar-refractivity contribution in [3.63, 3.8) is 0 Å². The van der Waals surface area contributed by atoms with Crippen molar-refractivity contribution in [3.05, 3.63) is 23.8 Å². The van der Waals surface area contributed by atoms with Gasteiger partial charge in [0.05, 0.1) is 6.10 Å². The summed E-state index contributed by atoms with van der Waals surface area (Å²) in [6.45, 7) is 5.67. The second-order valence-corrected chi connectivity index (χ2v) is 9.75. The molecule has 0 amide bonds. The summed E-state index contributed by atoms with van der Waals surface area (Å²) in [5.74, 6) is -3.72. The maximum atomic E-state index is 15.2. The van der Waals surface area contributed by atoms with Crippen LogP contribution in [0.3, 0.4) is 0 Å². The fourth-order valence-electron chi connectivity index (χ4n) is 7.39. The van der Waals surface area contributed by atoms with Crippen LogP contribution in [-0.2, 0) is 14.4 Å². The van der Waals surface area contributed by atoms with Crippen molar-refractivity contribution in [2.24, 2.45) is 40.4 Å². The zero-order chi connectivity index (χ0) is 20.6. The lowest BCUT2D eigenvalue weighted by Gasteiger charge is -2.59. The monoisotopic (exact) mass is 390 g/mol. The van der Waals surface area contributed by atoms with Crippen molar-refractivity contribution in [1.29, 1.82) is 0 Å². The Labute approximate surface area is 163 Å². The average Bonchev–Trinajstić information content (AvgIpc) is 2.85. The van der Waals surface area contributed by atoms with Crippen LogP contribution in [0.1, 0.15) is 40.0 Å². The van der Waals surface area contributed by atoms with Crippen LogP contribution in [0.15, 0.2) is 23.8 Å². The maximum absolute atomic E-state index is 15.2. The van der Waals surface area contributed by atoms with Gasteiger partial charge in [0.2, 0.25) is 5.78 Å². The Kier molecular flexibility index (Phi) is 4.24. The number of ketones is 2. The van der Waals surface area contributed by atoms with Crippen molar-refractivity contribution < 1.29 is 29.0 Å². The minimum Gasteiger partial charge on any atom is -0.475 e. The van der Waals surface area contributed by atoms with Gasteiger partial charge in [0.1, 0.15) is 6.17 Å². The molecule has 0 radical (unpaired) electrons. The Balaban J connectivity index is 1.77. The Hall–Kier alpha value is -1.82. The molecule has 5 nitrogen and oxygen atoms in total. The number of carboxylic acid groups (broad SMARTS) is 1. The first-order chi connectivity index (χ1) is 13.0. The molecule has 0 heterocycles. The molecule has 2 unspecified atom stereocenters. The van der Waals surface area contributed by atoms with E-state index in [0.717, 1.165) is 0 Å². The van der Waals surface area contributed by atoms with Crippen LogP contribution in [0, 0.1) is 40.4 Å². The van der Waals surface area contributed by atoms with Crippen LogP contribution in [0.4, 0.5) is 4.39 Å². The van der Waals surface area contributed by atoms with Gasteiger partial charge in [0.15, 0.2) is 5.78 Å². The second-order valence-electron chi connectivity index (χ2n) is 9.75. The molecular formula is C22H27FO5. The number of aliphatic hydroxyl groups excluding tert-OH is 1. The normalized spacial score (nSPS) is 49.7. The zero-order valence-corrected chi connectivity index (χ0v) is 16.4. The quantitative estimate of drug-likeness (QED) is 0.708. The third-order valence-electron chi connectivity index (χ3n) is 8.31. The molecule has 28 heavy (non-hydrogen) atoms. The standard InChI is InChI=1S/C22H27FO5/c1-10-6-13-12-8-15(23)14-7-11(24)4-5-21(14,2)18(12)16(25)9-22(13,3)17(10)19(26)20(27)28/h4-5,7,10,12-13,15-18,25H,6,8-9H2,1-3H3,(H,27,28)/t10-,12?,13+,15+,16+,17-,18?,21+,22+/m1/s1. The van der Waals surface area contributed by atoms with Crippen molar-refractivity contribution in [3.8, 4) is 0 Å². The predicted molar refractivity (Wildman–Crippen MR) is 99.0 cm³/mol. The smallest absolute Gasteiger partial charge is 0.372 e. The van der Waals surface area contributed by atoms with Gasteiger partial charge in [-0.2, -0.15) is 0 Å². The van der Waals surface area contributed by atoms with E-state index in [1.165, 1.54) is 12.2 Å². The van der Waals surface area contributed by atoms with Gasteiger partial charge in [-0.3, -0.25) is 9.59 Å². The number of hydrogen-bond donors (Lipinski definition) is 2. The number of carbonyl (C=O) groups is 3. The number of alkyl halides is 1. The number of aliphatic carboxylic acids is 1. The molecule has 0 aromatic rings. The first-order valence-corrected chi connectivity index (χ1v) is 10.0. The summed E-state index contributed by atoms with van der Waals surface area (Å²) in [6, 6.07) is 0. The molecule has 9 atom stereocenters. The molecule has 4 aliphatic carbocycles. The largest absolute Gasteiger partial charge is 0.475 e. The van der Waals surface area contributed by atoms with E-state index in [0.29, 0.717) is 18.4 Å². The molecule has 0 bridgehead atoms. The van der Waals surface area contributed by atoms with Crippen molar-refractivity contribution >= 4 is 17.5 Å². The number of aliphatic hydroxyl groups is 1. The minimum absolute atomic E-state index is 0.0353. The van der Waals surface area contributed by atoms with E-state index < -0.39 is 40.8 Å². The number of allylic oxidation sites excluding steroid dienone is 4. The number of halogens is 1. The Morgan fingerprint density at radius 1 is 1.25 bits per heavy atom. The van der Waals surface area contributed by atoms with E-state index in [4.69, 9.17) is 0 Å². The molecule has 0 aliphatic heterocycles. The summed E-state index contributed by atoms with van der Waals surface area (Å²) in [5.41, 5.74) is -0.969. The zero-order valence-electron chi connectivity index (χ0n) is 16.4. The van der Waals surface area contributed by atoms with Gasteiger partial charge in [-0.15, -0.1) is 0 Å². The molecule has 0 aromatic heterocycles. The van der Waals surface area contributed by atoms with Gasteiger partial charge in [-0.05, 0) is 60.2 Å². The van der Waals surface area contributed by atoms with E-state index in [9.17, 15) is 24.6 Å². The highest BCUT2D eigenvalue weighted by Gasteiger charge is 2.66. The van der Waals surface area contributed by atoms with Gasteiger partial charge >= 0.3 is 5.97 Å². The van der Waals surface area contributed by atoms with Gasteiger partial charge < -0.3 is 10.2 Å². The summed E-state index contributed by atoms with van der Waals surface area (Å²) in [6.07, 6.45) is 3.65. The molecule has 3 fully saturated rings. The highest BCUT2D eigenvalue weighted by atomic mass is 19.1. The second kappa shape index (κ2) is 6.09. The van der Waals surface area contributed by atoms with Gasteiger partial charge in [0.25, 0.3) is 0 Å². The van der Waals surface area contributed by atoms with Crippen LogP contribution >= 0.6 is 0 Å². The lowest BCUT2D eigenvalue weighted by Crippen LogP contribution is -2.58. The van der Waals surface area contributed by atoms with Crippen LogP contribution in [0.5, 0.6) is 0 Å². The van der Waals surface area contributed by atoms with Crippen molar-refractivity contribution in [2.45, 2.75) is 52.3 Å². The summed E-state index contributed by atoms with van der Waals surface area (Å²) >= 11 is 0. The molecule has 0 saturated heterocycles. The van der Waals surface area contributed by atoms with Crippen molar-refractivity contribution in [2.75, 3.05) is 0 Å². The lowest BCUT2D eigenvalue weighted by atomic mass is 9.46. The highest BCUT2D eigenvalue weighted by molar-refractivity contribution is 6.33. The number of hydrogen-bond acceptors (Lipinski definition) is 4. The fourth-order valence-corrected chi connectivity index (χ4v) is 7.39. The third kappa shape index (κ3) is 2.43. The number of fused-ring (bicyclic) bond motifs is 5. The molecule has 3 saturated carbocycles. The molecule has 0 spiro atoms. The Morgan fingerprint density at radius 2 is 1.93 bits per heavy atom. The van der Waals surface area contributed by atoms with Crippen LogP contribution in [0.2, 0.25) is 0 Å². The van der Waals surface area contributed by atoms with Gasteiger partial charge in [-0.1, -0.05) is 26.8 Å². The van der Waals surface area contributed by atoms with Crippen molar-refractivity contribution in [1.82, 2.24) is 0 Å². The van der Waals surface area contributed by atoms with Crippen LogP contribution < -0.4 is 0 Å². The van der Waals surface area contributed by atoms with E-state index in [1.807, 2.05) is 20.8 Å². The Bertz CT molecular complexity index is 816. The first-order valence-electron chi connectivity index (χ1n) is 10.0. The number of carbonyl (C=O) groups excluding carboxylic acids is 2. The van der Waals surface area contributed by atoms with E-state index in [-0.39, 0.29) is 35.9 Å². The highest BCUT2D eigenvalue weighted by Crippen LogP contribution is 2.67. The fraction of sp³-hybridized carbons (Fsp3) is 0.682. The SMILES string of the molecule is C[C@@H]1C[C@H]2C3C[C@H](F)C4=CC(=O)C=C[C@]4(C)C3[C@@H](O)C[C@]2(C)[C@H]1C(=O)C(=O)O. The summed E-state index contributed by atoms with van der Waals surface area (Å²) in [5, 5.41) is 20.5. The average molecular weight is 390 g/mol. The first kappa shape index (κ1) is 19.5. The predicted octanol–water partition coefficient (Wildman–Crippen LogP) is 2.73. The number of carboxylic acids is 1. The van der Waals surface area contributed by atoms with Crippen LogP contribution in [0.25, 0.3) is 0 Å². The number of rotatable bonds is 2.